The van der Waals surface area contributed by atoms with Crippen molar-refractivity contribution in [2.24, 2.45) is 0 Å². The lowest BCUT2D eigenvalue weighted by molar-refractivity contribution is 0.0181. The van der Waals surface area contributed by atoms with Gasteiger partial charge in [-0.05, 0) is 24.1 Å². The molecular formula is C14H16F2N2O3. The molecule has 2 saturated heterocycles. The van der Waals surface area contributed by atoms with E-state index in [0.717, 1.165) is 6.07 Å². The van der Waals surface area contributed by atoms with Crippen LogP contribution in [0.15, 0.2) is 18.2 Å². The normalized spacial score (nSPS) is 29.0. The van der Waals surface area contributed by atoms with Gasteiger partial charge in [-0.1, -0.05) is 0 Å². The van der Waals surface area contributed by atoms with Crippen LogP contribution in [0.25, 0.3) is 0 Å². The molecule has 0 bridgehead atoms. The van der Waals surface area contributed by atoms with Crippen molar-refractivity contribution in [2.45, 2.75) is 24.6 Å². The fraction of sp³-hybridized carbons (Fsp3) is 0.500. The van der Waals surface area contributed by atoms with Gasteiger partial charge in [0, 0.05) is 12.6 Å². The highest BCUT2D eigenvalue weighted by atomic mass is 19.1. The molecular weight excluding hydrogens is 282 g/mol. The smallest absolute Gasteiger partial charge is 0.407 e. The van der Waals surface area contributed by atoms with Crippen molar-refractivity contribution in [3.8, 4) is 0 Å². The molecule has 2 fully saturated rings. The van der Waals surface area contributed by atoms with Crippen LogP contribution < -0.4 is 10.6 Å². The summed E-state index contributed by atoms with van der Waals surface area (Å²) in [6.45, 7) is 1.73. The summed E-state index contributed by atoms with van der Waals surface area (Å²) in [5.74, 6) is -1.27. The highest BCUT2D eigenvalue weighted by Crippen LogP contribution is 2.20. The third-order valence-corrected chi connectivity index (χ3v) is 3.67. The first-order valence-corrected chi connectivity index (χ1v) is 6.85. The lowest BCUT2D eigenvalue weighted by Crippen LogP contribution is -2.53. The van der Waals surface area contributed by atoms with Crippen LogP contribution >= 0.6 is 0 Å². The third-order valence-electron chi connectivity index (χ3n) is 3.67. The number of nitrogens with one attached hydrogen (secondary N) is 2. The molecule has 7 heteroatoms. The van der Waals surface area contributed by atoms with Crippen LogP contribution in [0.3, 0.4) is 0 Å². The monoisotopic (exact) mass is 298 g/mol. The van der Waals surface area contributed by atoms with Gasteiger partial charge in [0.2, 0.25) is 0 Å². The summed E-state index contributed by atoms with van der Waals surface area (Å²) in [7, 11) is 0. The Morgan fingerprint density at radius 1 is 1.24 bits per heavy atom. The molecule has 21 heavy (non-hydrogen) atoms. The van der Waals surface area contributed by atoms with Crippen molar-refractivity contribution in [2.75, 3.05) is 19.8 Å². The highest BCUT2D eigenvalue weighted by molar-refractivity contribution is 5.70. The standard InChI is InChI=1S/C14H16F2N2O3/c15-9-3-8(4-10(16)6-9)5-11-13(21-14(19)18-11)12-7-20-2-1-17-12/h3-4,6,11-13,17H,1-2,5,7H2,(H,18,19)/t11?,12?,13-/m0/s1. The summed E-state index contributed by atoms with van der Waals surface area (Å²) in [4.78, 5) is 11.5. The van der Waals surface area contributed by atoms with Crippen molar-refractivity contribution in [1.82, 2.24) is 10.6 Å². The zero-order chi connectivity index (χ0) is 14.8. The Morgan fingerprint density at radius 3 is 2.67 bits per heavy atom. The summed E-state index contributed by atoms with van der Waals surface area (Å²) in [5, 5.41) is 5.92. The van der Waals surface area contributed by atoms with Gasteiger partial charge >= 0.3 is 6.09 Å². The van der Waals surface area contributed by atoms with Gasteiger partial charge in [0.1, 0.15) is 17.7 Å². The van der Waals surface area contributed by atoms with Crippen molar-refractivity contribution in [3.05, 3.63) is 35.4 Å². The minimum Gasteiger partial charge on any atom is -0.442 e. The van der Waals surface area contributed by atoms with Gasteiger partial charge in [0.15, 0.2) is 0 Å². The molecule has 114 valence electrons. The number of benzene rings is 1. The Hall–Kier alpha value is -1.73. The number of hydrogen-bond acceptors (Lipinski definition) is 4. The van der Waals surface area contributed by atoms with Gasteiger partial charge in [-0.15, -0.1) is 0 Å². The number of alkyl carbamates (subject to hydrolysis) is 1. The molecule has 0 aromatic heterocycles. The fourth-order valence-corrected chi connectivity index (χ4v) is 2.78. The van der Waals surface area contributed by atoms with Gasteiger partial charge in [-0.25, -0.2) is 13.6 Å². The van der Waals surface area contributed by atoms with Gasteiger partial charge in [-0.2, -0.15) is 0 Å². The van der Waals surface area contributed by atoms with E-state index in [4.69, 9.17) is 9.47 Å². The Kier molecular flexibility index (Phi) is 4.03. The first-order valence-electron chi connectivity index (χ1n) is 6.85. The summed E-state index contributed by atoms with van der Waals surface area (Å²) >= 11 is 0. The number of amides is 1. The number of cyclic esters (lactones) is 1. The second-order valence-electron chi connectivity index (χ2n) is 5.24. The lowest BCUT2D eigenvalue weighted by Gasteiger charge is -2.30. The van der Waals surface area contributed by atoms with E-state index in [1.165, 1.54) is 12.1 Å². The van der Waals surface area contributed by atoms with Gasteiger partial charge in [-0.3, -0.25) is 0 Å². The summed E-state index contributed by atoms with van der Waals surface area (Å²) in [6, 6.07) is 2.87. The number of rotatable bonds is 3. The topological polar surface area (TPSA) is 59.6 Å². The van der Waals surface area contributed by atoms with Crippen LogP contribution in [-0.4, -0.2) is 44.0 Å². The Morgan fingerprint density at radius 2 is 2.00 bits per heavy atom. The molecule has 2 aliphatic heterocycles. The third kappa shape index (κ3) is 3.30. The Labute approximate surface area is 120 Å². The molecule has 1 aromatic carbocycles. The van der Waals surface area contributed by atoms with Crippen molar-refractivity contribution >= 4 is 6.09 Å². The zero-order valence-electron chi connectivity index (χ0n) is 11.3. The van der Waals surface area contributed by atoms with Crippen molar-refractivity contribution < 1.29 is 23.0 Å². The first-order chi connectivity index (χ1) is 10.1. The molecule has 0 spiro atoms. The van der Waals surface area contributed by atoms with Crippen molar-refractivity contribution in [1.29, 1.82) is 0 Å². The minimum atomic E-state index is -0.633. The minimum absolute atomic E-state index is 0.124. The molecule has 5 nitrogen and oxygen atoms in total. The van der Waals surface area contributed by atoms with Crippen LogP contribution in [-0.2, 0) is 15.9 Å². The molecule has 0 radical (unpaired) electrons. The number of hydrogen-bond donors (Lipinski definition) is 2. The average Bonchev–Trinajstić information content (AvgIpc) is 2.79. The van der Waals surface area contributed by atoms with E-state index in [0.29, 0.717) is 31.7 Å². The summed E-state index contributed by atoms with van der Waals surface area (Å²) in [6.07, 6.45) is -0.651. The van der Waals surface area contributed by atoms with E-state index in [9.17, 15) is 13.6 Å². The summed E-state index contributed by atoms with van der Waals surface area (Å²) < 4.78 is 37.1. The van der Waals surface area contributed by atoms with Gasteiger partial charge in [0.25, 0.3) is 0 Å². The molecule has 2 N–H and O–H groups in total. The van der Waals surface area contributed by atoms with E-state index >= 15 is 0 Å². The SMILES string of the molecule is O=C1NC(Cc2cc(F)cc(F)c2)[C@@H](C2COCCN2)O1. The first kappa shape index (κ1) is 14.2. The van der Waals surface area contributed by atoms with Crippen LogP contribution in [0.4, 0.5) is 13.6 Å². The molecule has 3 rings (SSSR count). The number of halogens is 2. The maximum atomic E-state index is 13.2. The van der Waals surface area contributed by atoms with Gasteiger partial charge < -0.3 is 20.1 Å². The Balaban J connectivity index is 1.73. The van der Waals surface area contributed by atoms with Gasteiger partial charge in [0.05, 0.1) is 25.3 Å². The predicted molar refractivity (Wildman–Crippen MR) is 69.9 cm³/mol. The molecule has 0 aliphatic carbocycles. The molecule has 0 saturated carbocycles. The van der Waals surface area contributed by atoms with Crippen LogP contribution in [0, 0.1) is 11.6 Å². The van der Waals surface area contributed by atoms with Crippen LogP contribution in [0.1, 0.15) is 5.56 Å². The van der Waals surface area contributed by atoms with Crippen molar-refractivity contribution in [3.63, 3.8) is 0 Å². The molecule has 1 aromatic rings. The molecule has 2 heterocycles. The van der Waals surface area contributed by atoms with E-state index in [-0.39, 0.29) is 12.1 Å². The second-order valence-corrected chi connectivity index (χ2v) is 5.24. The average molecular weight is 298 g/mol. The van der Waals surface area contributed by atoms with E-state index in [2.05, 4.69) is 10.6 Å². The zero-order valence-corrected chi connectivity index (χ0v) is 11.3. The molecule has 2 unspecified atom stereocenters. The summed E-state index contributed by atoms with van der Waals surface area (Å²) in [5.41, 5.74) is 0.477. The fourth-order valence-electron chi connectivity index (χ4n) is 2.78. The van der Waals surface area contributed by atoms with Crippen LogP contribution in [0.5, 0.6) is 0 Å². The van der Waals surface area contributed by atoms with E-state index in [1.807, 2.05) is 0 Å². The van der Waals surface area contributed by atoms with Crippen LogP contribution in [0.2, 0.25) is 0 Å². The number of morpholine rings is 1. The molecule has 2 aliphatic rings. The highest BCUT2D eigenvalue weighted by Gasteiger charge is 2.40. The Bertz CT molecular complexity index is 515. The largest absolute Gasteiger partial charge is 0.442 e. The number of carbonyl (C=O) groups is 1. The maximum Gasteiger partial charge on any atom is 0.407 e. The van der Waals surface area contributed by atoms with E-state index < -0.39 is 23.8 Å². The number of carbonyl (C=O) groups excluding carboxylic acids is 1. The quantitative estimate of drug-likeness (QED) is 0.873. The molecule has 1 amide bonds. The molecule has 3 atom stereocenters. The number of ether oxygens (including phenoxy) is 2. The van der Waals surface area contributed by atoms with E-state index in [1.54, 1.807) is 0 Å². The second kappa shape index (κ2) is 5.95. The lowest BCUT2D eigenvalue weighted by atomic mass is 9.97. The maximum absolute atomic E-state index is 13.2. The predicted octanol–water partition coefficient (Wildman–Crippen LogP) is 0.973.